The number of hydrogen-bond donors (Lipinski definition) is 2. The van der Waals surface area contributed by atoms with Crippen molar-refractivity contribution in [2.75, 3.05) is 0 Å². The zero-order chi connectivity index (χ0) is 15.1. The van der Waals surface area contributed by atoms with Crippen LogP contribution in [0.25, 0.3) is 0 Å². The molecular formula is C16H21NO4. The second kappa shape index (κ2) is 7.67. The monoisotopic (exact) mass is 291 g/mol. The molecule has 0 bridgehead atoms. The third kappa shape index (κ3) is 5.45. The van der Waals surface area contributed by atoms with E-state index >= 15 is 0 Å². The van der Waals surface area contributed by atoms with Gasteiger partial charge in [0.05, 0.1) is 0 Å². The Kier molecular flexibility index (Phi) is 5.60. The van der Waals surface area contributed by atoms with Crippen LogP contribution < -0.4 is 5.32 Å². The number of carboxylic acid groups (broad SMARTS) is 1. The van der Waals surface area contributed by atoms with Gasteiger partial charge in [0, 0.05) is 12.5 Å². The van der Waals surface area contributed by atoms with Crippen molar-refractivity contribution in [3.63, 3.8) is 0 Å². The fraction of sp³-hybridized carbons (Fsp3) is 0.500. The first kappa shape index (κ1) is 15.4. The summed E-state index contributed by atoms with van der Waals surface area (Å²) in [6.45, 7) is 0.266. The van der Waals surface area contributed by atoms with Gasteiger partial charge in [0.15, 0.2) is 0 Å². The maximum absolute atomic E-state index is 11.7. The highest BCUT2D eigenvalue weighted by Crippen LogP contribution is 2.29. The summed E-state index contributed by atoms with van der Waals surface area (Å²) in [4.78, 5) is 22.3. The number of benzene rings is 1. The first-order valence-electron chi connectivity index (χ1n) is 7.32. The van der Waals surface area contributed by atoms with Gasteiger partial charge in [-0.3, -0.25) is 4.79 Å². The van der Waals surface area contributed by atoms with E-state index in [4.69, 9.17) is 9.84 Å². The van der Waals surface area contributed by atoms with Crippen molar-refractivity contribution in [2.24, 2.45) is 5.92 Å². The van der Waals surface area contributed by atoms with E-state index in [2.05, 4.69) is 5.32 Å². The lowest BCUT2D eigenvalue weighted by Crippen LogP contribution is -2.33. The number of nitrogens with one attached hydrogen (secondary N) is 1. The molecule has 1 amide bonds. The Hall–Kier alpha value is -2.04. The molecule has 1 aliphatic carbocycles. The number of carboxylic acids is 1. The highest BCUT2D eigenvalue weighted by molar-refractivity contribution is 5.67. The number of alkyl carbamates (subject to hydrolysis) is 1. The van der Waals surface area contributed by atoms with Crippen LogP contribution in [0, 0.1) is 5.92 Å². The molecule has 1 aromatic rings. The molecule has 0 aliphatic heterocycles. The number of amides is 1. The summed E-state index contributed by atoms with van der Waals surface area (Å²) in [6, 6.07) is 9.64. The van der Waals surface area contributed by atoms with E-state index < -0.39 is 12.1 Å². The first-order valence-corrected chi connectivity index (χ1v) is 7.32. The summed E-state index contributed by atoms with van der Waals surface area (Å²) >= 11 is 0. The molecule has 2 atom stereocenters. The molecule has 2 unspecified atom stereocenters. The van der Waals surface area contributed by atoms with E-state index in [9.17, 15) is 9.59 Å². The first-order chi connectivity index (χ1) is 10.1. The minimum absolute atomic E-state index is 0.104. The Morgan fingerprint density at radius 3 is 2.71 bits per heavy atom. The molecule has 5 heteroatoms. The summed E-state index contributed by atoms with van der Waals surface area (Å²) in [7, 11) is 0. The Morgan fingerprint density at radius 1 is 1.24 bits per heavy atom. The van der Waals surface area contributed by atoms with Crippen molar-refractivity contribution in [1.29, 1.82) is 0 Å². The third-order valence-corrected chi connectivity index (χ3v) is 3.84. The van der Waals surface area contributed by atoms with Gasteiger partial charge < -0.3 is 15.2 Å². The van der Waals surface area contributed by atoms with Crippen LogP contribution in [0.15, 0.2) is 30.3 Å². The van der Waals surface area contributed by atoms with Crippen LogP contribution >= 0.6 is 0 Å². The summed E-state index contributed by atoms with van der Waals surface area (Å²) in [5.74, 6) is -0.366. The number of hydrogen-bond acceptors (Lipinski definition) is 3. The Balaban J connectivity index is 1.66. The molecule has 1 fully saturated rings. The van der Waals surface area contributed by atoms with Crippen LogP contribution in [0.3, 0.4) is 0 Å². The SMILES string of the molecule is O=C(O)CCC1CCC(NC(=O)OCc2ccccc2)C1. The van der Waals surface area contributed by atoms with Crippen molar-refractivity contribution in [3.8, 4) is 0 Å². The molecule has 114 valence electrons. The molecule has 0 saturated heterocycles. The fourth-order valence-corrected chi connectivity index (χ4v) is 2.73. The molecule has 5 nitrogen and oxygen atoms in total. The van der Waals surface area contributed by atoms with Crippen LogP contribution in [0.4, 0.5) is 4.79 Å². The van der Waals surface area contributed by atoms with E-state index in [1.807, 2.05) is 30.3 Å². The van der Waals surface area contributed by atoms with Crippen molar-refractivity contribution in [3.05, 3.63) is 35.9 Å². The van der Waals surface area contributed by atoms with E-state index in [1.54, 1.807) is 0 Å². The largest absolute Gasteiger partial charge is 0.481 e. The van der Waals surface area contributed by atoms with Crippen molar-refractivity contribution in [1.82, 2.24) is 5.32 Å². The third-order valence-electron chi connectivity index (χ3n) is 3.84. The van der Waals surface area contributed by atoms with Gasteiger partial charge >= 0.3 is 12.1 Å². The van der Waals surface area contributed by atoms with E-state index in [1.165, 1.54) is 0 Å². The van der Waals surface area contributed by atoms with E-state index in [0.29, 0.717) is 12.3 Å². The van der Waals surface area contributed by atoms with Gasteiger partial charge in [-0.2, -0.15) is 0 Å². The van der Waals surface area contributed by atoms with Crippen molar-refractivity contribution < 1.29 is 19.4 Å². The van der Waals surface area contributed by atoms with E-state index in [0.717, 1.165) is 24.8 Å². The highest BCUT2D eigenvalue weighted by atomic mass is 16.5. The van der Waals surface area contributed by atoms with Crippen molar-refractivity contribution in [2.45, 2.75) is 44.8 Å². The molecule has 0 aromatic heterocycles. The van der Waals surface area contributed by atoms with Gasteiger partial charge in [-0.1, -0.05) is 30.3 Å². The molecule has 1 aromatic carbocycles. The summed E-state index contributed by atoms with van der Waals surface area (Å²) in [5, 5.41) is 11.5. The molecule has 0 heterocycles. The molecule has 1 saturated carbocycles. The fourth-order valence-electron chi connectivity index (χ4n) is 2.73. The van der Waals surface area contributed by atoms with Gasteiger partial charge in [-0.25, -0.2) is 4.79 Å². The Morgan fingerprint density at radius 2 is 2.00 bits per heavy atom. The number of rotatable bonds is 6. The predicted molar refractivity (Wildman–Crippen MR) is 77.8 cm³/mol. The smallest absolute Gasteiger partial charge is 0.407 e. The van der Waals surface area contributed by atoms with Gasteiger partial charge in [0.25, 0.3) is 0 Å². The Bertz CT molecular complexity index is 474. The van der Waals surface area contributed by atoms with E-state index in [-0.39, 0.29) is 19.1 Å². The lowest BCUT2D eigenvalue weighted by Gasteiger charge is -2.13. The molecule has 2 rings (SSSR count). The second-order valence-electron chi connectivity index (χ2n) is 5.51. The van der Waals surface area contributed by atoms with Gasteiger partial charge in [0.2, 0.25) is 0 Å². The summed E-state index contributed by atoms with van der Waals surface area (Å²) < 4.78 is 5.18. The maximum atomic E-state index is 11.7. The zero-order valence-electron chi connectivity index (χ0n) is 12.0. The minimum atomic E-state index is -0.756. The number of aliphatic carboxylic acids is 1. The molecule has 0 spiro atoms. The topological polar surface area (TPSA) is 75.6 Å². The number of carbonyl (C=O) groups is 2. The molecule has 1 aliphatic rings. The molecular weight excluding hydrogens is 270 g/mol. The average molecular weight is 291 g/mol. The van der Waals surface area contributed by atoms with Crippen LogP contribution in [0.5, 0.6) is 0 Å². The number of carbonyl (C=O) groups excluding carboxylic acids is 1. The summed E-state index contributed by atoms with van der Waals surface area (Å²) in [5.41, 5.74) is 0.957. The van der Waals surface area contributed by atoms with Gasteiger partial charge in [-0.15, -0.1) is 0 Å². The van der Waals surface area contributed by atoms with Crippen LogP contribution in [0.1, 0.15) is 37.7 Å². The number of ether oxygens (including phenoxy) is 1. The van der Waals surface area contributed by atoms with Gasteiger partial charge in [0.1, 0.15) is 6.61 Å². The lowest BCUT2D eigenvalue weighted by atomic mass is 10.0. The molecule has 2 N–H and O–H groups in total. The standard InChI is InChI=1S/C16H21NO4/c18-15(19)9-7-12-6-8-14(10-12)17-16(20)21-11-13-4-2-1-3-5-13/h1-5,12,14H,6-11H2,(H,17,20)(H,18,19). The van der Waals surface area contributed by atoms with Crippen LogP contribution in [-0.4, -0.2) is 23.2 Å². The van der Waals surface area contributed by atoms with Gasteiger partial charge in [-0.05, 0) is 37.2 Å². The van der Waals surface area contributed by atoms with Crippen LogP contribution in [-0.2, 0) is 16.1 Å². The average Bonchev–Trinajstić information content (AvgIpc) is 2.91. The lowest BCUT2D eigenvalue weighted by molar-refractivity contribution is -0.137. The normalized spacial score (nSPS) is 21.0. The second-order valence-corrected chi connectivity index (χ2v) is 5.51. The zero-order valence-corrected chi connectivity index (χ0v) is 12.0. The van der Waals surface area contributed by atoms with Crippen LogP contribution in [0.2, 0.25) is 0 Å². The summed E-state index contributed by atoms with van der Waals surface area (Å²) in [6.07, 6.45) is 3.19. The quantitative estimate of drug-likeness (QED) is 0.845. The van der Waals surface area contributed by atoms with Crippen molar-refractivity contribution >= 4 is 12.1 Å². The maximum Gasteiger partial charge on any atom is 0.407 e. The minimum Gasteiger partial charge on any atom is -0.481 e. The predicted octanol–water partition coefficient (Wildman–Crippen LogP) is 2.95. The highest BCUT2D eigenvalue weighted by Gasteiger charge is 2.26. The Labute approximate surface area is 124 Å². The molecule has 21 heavy (non-hydrogen) atoms. The molecule has 0 radical (unpaired) electrons.